The summed E-state index contributed by atoms with van der Waals surface area (Å²) in [6.07, 6.45) is 1.43. The molecule has 0 amide bonds. The van der Waals surface area contributed by atoms with Crippen molar-refractivity contribution in [2.45, 2.75) is 26.7 Å². The van der Waals surface area contributed by atoms with E-state index in [4.69, 9.17) is 5.11 Å². The zero-order chi connectivity index (χ0) is 14.8. The Labute approximate surface area is 120 Å². The smallest absolute Gasteiger partial charge is 0.301 e. The molecule has 1 heterocycles. The van der Waals surface area contributed by atoms with Gasteiger partial charge in [0.1, 0.15) is 0 Å². The van der Waals surface area contributed by atoms with Gasteiger partial charge in [-0.25, -0.2) is 0 Å². The third-order valence-electron chi connectivity index (χ3n) is 3.64. The highest BCUT2D eigenvalue weighted by Gasteiger charge is 2.27. The molecule has 0 spiro atoms. The van der Waals surface area contributed by atoms with Crippen LogP contribution in [-0.2, 0) is 10.2 Å². The minimum Gasteiger partial charge on any atom is -0.396 e. The highest BCUT2D eigenvalue weighted by atomic mass is 32.2. The number of nitrogens with one attached hydrogen (secondary N) is 1. The number of aliphatic hydroxyl groups excluding tert-OH is 1. The monoisotopic (exact) mass is 298 g/mol. The van der Waals surface area contributed by atoms with Gasteiger partial charge in [0.2, 0.25) is 0 Å². The van der Waals surface area contributed by atoms with Gasteiger partial charge in [0.05, 0.1) is 5.69 Å². The molecule has 20 heavy (non-hydrogen) atoms. The summed E-state index contributed by atoms with van der Waals surface area (Å²) in [5, 5.41) is 9.09. The number of hydrogen-bond acceptors (Lipinski definition) is 3. The Morgan fingerprint density at radius 3 is 2.25 bits per heavy atom. The molecule has 0 atom stereocenters. The van der Waals surface area contributed by atoms with Crippen molar-refractivity contribution in [3.8, 4) is 0 Å². The molecular formula is C14H22N2O3S. The first-order valence-corrected chi connectivity index (χ1v) is 8.32. The van der Waals surface area contributed by atoms with Gasteiger partial charge < -0.3 is 5.11 Å². The van der Waals surface area contributed by atoms with Crippen molar-refractivity contribution < 1.29 is 13.5 Å². The molecule has 1 aliphatic heterocycles. The number of rotatable bonds is 4. The predicted octanol–water partition coefficient (Wildman–Crippen LogP) is 1.66. The minimum absolute atomic E-state index is 0.137. The number of nitrogens with zero attached hydrogens (tertiary/aromatic N) is 1. The fraction of sp³-hybridized carbons (Fsp3) is 0.571. The quantitative estimate of drug-likeness (QED) is 0.888. The average molecular weight is 298 g/mol. The first-order chi connectivity index (χ1) is 9.40. The normalized spacial score (nSPS) is 18.1. The summed E-state index contributed by atoms with van der Waals surface area (Å²) >= 11 is 0. The van der Waals surface area contributed by atoms with Crippen LogP contribution in [0.3, 0.4) is 0 Å². The maximum atomic E-state index is 12.3. The van der Waals surface area contributed by atoms with Gasteiger partial charge in [0.15, 0.2) is 0 Å². The second-order valence-electron chi connectivity index (χ2n) is 5.51. The molecule has 1 saturated heterocycles. The van der Waals surface area contributed by atoms with Crippen molar-refractivity contribution >= 4 is 15.9 Å². The third-order valence-corrected chi connectivity index (χ3v) is 5.18. The molecule has 1 aliphatic rings. The van der Waals surface area contributed by atoms with Crippen LogP contribution in [0.15, 0.2) is 18.2 Å². The van der Waals surface area contributed by atoms with E-state index in [0.29, 0.717) is 31.6 Å². The largest absolute Gasteiger partial charge is 0.396 e. The molecule has 2 N–H and O–H groups in total. The molecule has 6 heteroatoms. The number of benzene rings is 1. The van der Waals surface area contributed by atoms with E-state index < -0.39 is 10.2 Å². The lowest BCUT2D eigenvalue weighted by molar-refractivity contribution is 0.170. The van der Waals surface area contributed by atoms with E-state index in [-0.39, 0.29) is 12.5 Å². The Morgan fingerprint density at radius 2 is 1.75 bits per heavy atom. The van der Waals surface area contributed by atoms with E-state index in [1.54, 1.807) is 0 Å². The maximum Gasteiger partial charge on any atom is 0.301 e. The summed E-state index contributed by atoms with van der Waals surface area (Å²) in [7, 11) is -3.50. The summed E-state index contributed by atoms with van der Waals surface area (Å²) in [6.45, 7) is 4.95. The first-order valence-electron chi connectivity index (χ1n) is 6.88. The van der Waals surface area contributed by atoms with Gasteiger partial charge in [-0.1, -0.05) is 6.07 Å². The maximum absolute atomic E-state index is 12.3. The van der Waals surface area contributed by atoms with Gasteiger partial charge in [-0.3, -0.25) is 4.72 Å². The minimum atomic E-state index is -3.50. The second kappa shape index (κ2) is 6.11. The van der Waals surface area contributed by atoms with Crippen molar-refractivity contribution in [2.75, 3.05) is 24.4 Å². The van der Waals surface area contributed by atoms with E-state index >= 15 is 0 Å². The van der Waals surface area contributed by atoms with Crippen LogP contribution in [0.2, 0.25) is 0 Å². The summed E-state index contributed by atoms with van der Waals surface area (Å²) in [4.78, 5) is 0. The van der Waals surface area contributed by atoms with Crippen molar-refractivity contribution in [1.29, 1.82) is 0 Å². The summed E-state index contributed by atoms with van der Waals surface area (Å²) in [5.41, 5.74) is 2.66. The zero-order valence-electron chi connectivity index (χ0n) is 12.0. The number of aryl methyl sites for hydroxylation is 2. The van der Waals surface area contributed by atoms with Gasteiger partial charge in [-0.15, -0.1) is 0 Å². The molecular weight excluding hydrogens is 276 g/mol. The van der Waals surface area contributed by atoms with Crippen LogP contribution in [0.1, 0.15) is 24.0 Å². The zero-order valence-corrected chi connectivity index (χ0v) is 12.8. The Morgan fingerprint density at radius 1 is 1.20 bits per heavy atom. The fourth-order valence-electron chi connectivity index (χ4n) is 2.58. The van der Waals surface area contributed by atoms with E-state index in [0.717, 1.165) is 11.1 Å². The molecule has 1 fully saturated rings. The van der Waals surface area contributed by atoms with Crippen LogP contribution >= 0.6 is 0 Å². The van der Waals surface area contributed by atoms with Crippen molar-refractivity contribution in [2.24, 2.45) is 5.92 Å². The molecule has 2 rings (SSSR count). The molecule has 0 aromatic heterocycles. The fourth-order valence-corrected chi connectivity index (χ4v) is 3.82. The SMILES string of the molecule is Cc1cc(C)cc(NS(=O)(=O)N2CCC(CO)CC2)c1. The highest BCUT2D eigenvalue weighted by molar-refractivity contribution is 7.90. The van der Waals surface area contributed by atoms with Gasteiger partial charge in [-0.2, -0.15) is 12.7 Å². The Kier molecular flexibility index (Phi) is 4.67. The van der Waals surface area contributed by atoms with E-state index in [1.165, 1.54) is 4.31 Å². The topological polar surface area (TPSA) is 69.6 Å². The number of piperidine rings is 1. The average Bonchev–Trinajstić information content (AvgIpc) is 2.37. The first kappa shape index (κ1) is 15.3. The van der Waals surface area contributed by atoms with Crippen molar-refractivity contribution in [3.63, 3.8) is 0 Å². The third kappa shape index (κ3) is 3.71. The van der Waals surface area contributed by atoms with Crippen LogP contribution in [0.5, 0.6) is 0 Å². The van der Waals surface area contributed by atoms with Crippen molar-refractivity contribution in [3.05, 3.63) is 29.3 Å². The van der Waals surface area contributed by atoms with Crippen molar-refractivity contribution in [1.82, 2.24) is 4.31 Å². The number of hydrogen-bond donors (Lipinski definition) is 2. The lowest BCUT2D eigenvalue weighted by atomic mass is 10.00. The molecule has 0 bridgehead atoms. The van der Waals surface area contributed by atoms with Crippen LogP contribution in [-0.4, -0.2) is 37.5 Å². The van der Waals surface area contributed by atoms with Gasteiger partial charge in [0.25, 0.3) is 0 Å². The molecule has 112 valence electrons. The van der Waals surface area contributed by atoms with Crippen LogP contribution < -0.4 is 4.72 Å². The molecule has 0 aliphatic carbocycles. The molecule has 1 aromatic carbocycles. The molecule has 0 radical (unpaired) electrons. The molecule has 0 unspecified atom stereocenters. The van der Waals surface area contributed by atoms with Crippen LogP contribution in [0, 0.1) is 19.8 Å². The number of aliphatic hydroxyl groups is 1. The van der Waals surface area contributed by atoms with Crippen LogP contribution in [0.4, 0.5) is 5.69 Å². The predicted molar refractivity (Wildman–Crippen MR) is 79.8 cm³/mol. The summed E-state index contributed by atoms with van der Waals surface area (Å²) < 4.78 is 28.7. The van der Waals surface area contributed by atoms with E-state index in [1.807, 2.05) is 32.0 Å². The van der Waals surface area contributed by atoms with Gasteiger partial charge in [-0.05, 0) is 55.9 Å². The lowest BCUT2D eigenvalue weighted by Gasteiger charge is -2.30. The highest BCUT2D eigenvalue weighted by Crippen LogP contribution is 2.21. The Bertz CT molecular complexity index is 544. The standard InChI is InChI=1S/C14H22N2O3S/c1-11-7-12(2)9-14(8-11)15-20(18,19)16-5-3-13(10-17)4-6-16/h7-9,13,15,17H,3-6,10H2,1-2H3. The molecule has 1 aromatic rings. The number of anilines is 1. The Balaban J connectivity index is 2.07. The Hall–Kier alpha value is -1.11. The molecule has 0 saturated carbocycles. The lowest BCUT2D eigenvalue weighted by Crippen LogP contribution is -2.42. The molecule has 5 nitrogen and oxygen atoms in total. The van der Waals surface area contributed by atoms with E-state index in [2.05, 4.69) is 4.72 Å². The van der Waals surface area contributed by atoms with Gasteiger partial charge >= 0.3 is 10.2 Å². The van der Waals surface area contributed by atoms with E-state index in [9.17, 15) is 8.42 Å². The summed E-state index contributed by atoms with van der Waals surface area (Å²) in [5.74, 6) is 0.225. The van der Waals surface area contributed by atoms with Gasteiger partial charge in [0, 0.05) is 19.7 Å². The van der Waals surface area contributed by atoms with Crippen LogP contribution in [0.25, 0.3) is 0 Å². The summed E-state index contributed by atoms with van der Waals surface area (Å²) in [6, 6.07) is 5.65. The second-order valence-corrected chi connectivity index (χ2v) is 7.18.